The molecule has 0 N–H and O–H groups in total. The largest absolute Gasteiger partial charge is 0.241 e. The molecule has 3 heteroatoms. The fourth-order valence-corrected chi connectivity index (χ4v) is 3.06. The summed E-state index contributed by atoms with van der Waals surface area (Å²) in [6, 6.07) is 10.4. The van der Waals surface area contributed by atoms with Crippen LogP contribution in [0.2, 0.25) is 0 Å². The summed E-state index contributed by atoms with van der Waals surface area (Å²) in [5.74, 6) is 0. The van der Waals surface area contributed by atoms with E-state index in [1.165, 1.54) is 15.5 Å². The number of hydrogen-bond donors (Lipinski definition) is 1. The van der Waals surface area contributed by atoms with Crippen LogP contribution in [0.15, 0.2) is 35.2 Å². The van der Waals surface area contributed by atoms with Gasteiger partial charge in [-0.2, -0.15) is 0 Å². The highest BCUT2D eigenvalue weighted by molar-refractivity contribution is 7.80. The van der Waals surface area contributed by atoms with Gasteiger partial charge in [-0.3, -0.25) is 0 Å². The Labute approximate surface area is 97.2 Å². The Morgan fingerprint density at radius 2 is 2.07 bits per heavy atom. The minimum Gasteiger partial charge on any atom is -0.241 e. The van der Waals surface area contributed by atoms with Crippen LogP contribution in [0.25, 0.3) is 21.0 Å². The molecule has 3 rings (SSSR count). The highest BCUT2D eigenvalue weighted by Crippen LogP contribution is 2.33. The van der Waals surface area contributed by atoms with Crippen LogP contribution in [0.5, 0.6) is 0 Å². The molecule has 0 spiro atoms. The maximum Gasteiger partial charge on any atom is 0.0908 e. The van der Waals surface area contributed by atoms with Crippen molar-refractivity contribution >= 4 is 45.0 Å². The number of hydrogen-bond acceptors (Lipinski definition) is 3. The number of rotatable bonds is 0. The molecule has 1 nitrogen and oxygen atoms in total. The van der Waals surface area contributed by atoms with Gasteiger partial charge >= 0.3 is 0 Å². The van der Waals surface area contributed by atoms with Crippen LogP contribution in [-0.4, -0.2) is 4.98 Å². The van der Waals surface area contributed by atoms with Crippen molar-refractivity contribution in [2.45, 2.75) is 11.8 Å². The molecule has 0 aliphatic heterocycles. The van der Waals surface area contributed by atoms with E-state index in [0.29, 0.717) is 0 Å². The van der Waals surface area contributed by atoms with Crippen molar-refractivity contribution in [3.8, 4) is 0 Å². The minimum absolute atomic E-state index is 1.02. The van der Waals surface area contributed by atoms with E-state index in [-0.39, 0.29) is 0 Å². The van der Waals surface area contributed by atoms with Crippen LogP contribution >= 0.6 is 24.0 Å². The normalized spacial score (nSPS) is 11.3. The SMILES string of the molecule is Cc1nc2c(s1)c(S)cc1ccccc12. The highest BCUT2D eigenvalue weighted by atomic mass is 32.1. The first kappa shape index (κ1) is 9.19. The third-order valence-electron chi connectivity index (χ3n) is 2.47. The Kier molecular flexibility index (Phi) is 1.97. The quantitative estimate of drug-likeness (QED) is 0.576. The second kappa shape index (κ2) is 3.22. The predicted molar refractivity (Wildman–Crippen MR) is 69.1 cm³/mol. The van der Waals surface area contributed by atoms with Crippen molar-refractivity contribution < 1.29 is 0 Å². The van der Waals surface area contributed by atoms with E-state index in [4.69, 9.17) is 0 Å². The van der Waals surface area contributed by atoms with Crippen molar-refractivity contribution in [3.63, 3.8) is 0 Å². The molecule has 1 heterocycles. The minimum atomic E-state index is 1.02. The van der Waals surface area contributed by atoms with E-state index in [2.05, 4.69) is 41.9 Å². The Bertz CT molecular complexity index is 655. The lowest BCUT2D eigenvalue weighted by molar-refractivity contribution is 1.35. The molecule has 0 atom stereocenters. The lowest BCUT2D eigenvalue weighted by atomic mass is 10.1. The fourth-order valence-electron chi connectivity index (χ4n) is 1.83. The first-order chi connectivity index (χ1) is 7.25. The molecule has 0 bridgehead atoms. The first-order valence-corrected chi connectivity index (χ1v) is 6.00. The maximum absolute atomic E-state index is 4.57. The molecule has 0 aliphatic carbocycles. The number of fused-ring (bicyclic) bond motifs is 3. The van der Waals surface area contributed by atoms with Gasteiger partial charge in [-0.25, -0.2) is 4.98 Å². The molecule has 0 unspecified atom stereocenters. The average molecular weight is 231 g/mol. The van der Waals surface area contributed by atoms with Gasteiger partial charge in [0.2, 0.25) is 0 Å². The smallest absolute Gasteiger partial charge is 0.0908 e. The zero-order chi connectivity index (χ0) is 10.4. The van der Waals surface area contributed by atoms with Gasteiger partial charge < -0.3 is 0 Å². The number of thiol groups is 1. The molecule has 0 radical (unpaired) electrons. The molecule has 1 aromatic heterocycles. The summed E-state index contributed by atoms with van der Waals surface area (Å²) in [7, 11) is 0. The Hall–Kier alpha value is -1.06. The molecule has 0 fully saturated rings. The number of benzene rings is 2. The first-order valence-electron chi connectivity index (χ1n) is 4.73. The molecule has 0 aliphatic rings. The van der Waals surface area contributed by atoms with Crippen molar-refractivity contribution in [2.24, 2.45) is 0 Å². The van der Waals surface area contributed by atoms with Crippen LogP contribution in [0.4, 0.5) is 0 Å². The topological polar surface area (TPSA) is 12.9 Å². The summed E-state index contributed by atoms with van der Waals surface area (Å²) in [5, 5.41) is 3.52. The lowest BCUT2D eigenvalue weighted by Gasteiger charge is -2.00. The summed E-state index contributed by atoms with van der Waals surface area (Å²) in [6.07, 6.45) is 0. The van der Waals surface area contributed by atoms with Gasteiger partial charge in [-0.15, -0.1) is 24.0 Å². The van der Waals surface area contributed by atoms with Gasteiger partial charge in [0.25, 0.3) is 0 Å². The predicted octanol–water partition coefficient (Wildman–Crippen LogP) is 4.05. The molecular weight excluding hydrogens is 222 g/mol. The Morgan fingerprint density at radius 3 is 2.93 bits per heavy atom. The van der Waals surface area contributed by atoms with E-state index in [0.717, 1.165) is 15.4 Å². The number of aromatic nitrogens is 1. The van der Waals surface area contributed by atoms with Crippen LogP contribution in [0, 0.1) is 6.92 Å². The third-order valence-corrected chi connectivity index (χ3v) is 3.98. The molecule has 2 aromatic carbocycles. The highest BCUT2D eigenvalue weighted by Gasteiger charge is 2.08. The van der Waals surface area contributed by atoms with Crippen molar-refractivity contribution in [1.29, 1.82) is 0 Å². The van der Waals surface area contributed by atoms with Crippen molar-refractivity contribution in [2.75, 3.05) is 0 Å². The van der Waals surface area contributed by atoms with Crippen molar-refractivity contribution in [1.82, 2.24) is 4.98 Å². The number of nitrogens with zero attached hydrogens (tertiary/aromatic N) is 1. The zero-order valence-electron chi connectivity index (χ0n) is 8.19. The summed E-state index contributed by atoms with van der Waals surface area (Å²) in [4.78, 5) is 5.59. The second-order valence-corrected chi connectivity index (χ2v) is 5.21. The van der Waals surface area contributed by atoms with Crippen LogP contribution in [0.3, 0.4) is 0 Å². The van der Waals surface area contributed by atoms with Gasteiger partial charge in [0.1, 0.15) is 0 Å². The maximum atomic E-state index is 4.57. The molecule has 0 amide bonds. The van der Waals surface area contributed by atoms with E-state index < -0.39 is 0 Å². The van der Waals surface area contributed by atoms with Gasteiger partial charge in [0.15, 0.2) is 0 Å². The van der Waals surface area contributed by atoms with Crippen LogP contribution in [-0.2, 0) is 0 Å². The third kappa shape index (κ3) is 1.34. The summed E-state index contributed by atoms with van der Waals surface area (Å²) in [6.45, 7) is 2.03. The number of aryl methyl sites for hydroxylation is 1. The fraction of sp³-hybridized carbons (Fsp3) is 0.0833. The Balaban J connectivity index is 2.63. The second-order valence-electron chi connectivity index (χ2n) is 3.53. The van der Waals surface area contributed by atoms with Crippen molar-refractivity contribution in [3.05, 3.63) is 35.3 Å². The van der Waals surface area contributed by atoms with E-state index in [9.17, 15) is 0 Å². The molecular formula is C12H9NS2. The van der Waals surface area contributed by atoms with Crippen LogP contribution < -0.4 is 0 Å². The van der Waals surface area contributed by atoms with Gasteiger partial charge in [0, 0.05) is 10.3 Å². The lowest BCUT2D eigenvalue weighted by Crippen LogP contribution is -1.77. The molecule has 0 saturated carbocycles. The standard InChI is InChI=1S/C12H9NS2/c1-7-13-11-9-5-3-2-4-8(9)6-10(14)12(11)15-7/h2-6,14H,1H3. The van der Waals surface area contributed by atoms with E-state index in [1.54, 1.807) is 11.3 Å². The van der Waals surface area contributed by atoms with E-state index >= 15 is 0 Å². The molecule has 0 saturated heterocycles. The average Bonchev–Trinajstić information content (AvgIpc) is 2.61. The summed E-state index contributed by atoms with van der Waals surface area (Å²) < 4.78 is 1.19. The summed E-state index contributed by atoms with van der Waals surface area (Å²) in [5.41, 5.74) is 1.08. The van der Waals surface area contributed by atoms with Gasteiger partial charge in [-0.05, 0) is 18.4 Å². The zero-order valence-corrected chi connectivity index (χ0v) is 9.90. The van der Waals surface area contributed by atoms with E-state index in [1.807, 2.05) is 13.0 Å². The van der Waals surface area contributed by atoms with Crippen LogP contribution in [0.1, 0.15) is 5.01 Å². The molecule has 3 aromatic rings. The Morgan fingerprint density at radius 1 is 1.27 bits per heavy atom. The van der Waals surface area contributed by atoms with Gasteiger partial charge in [-0.1, -0.05) is 24.3 Å². The van der Waals surface area contributed by atoms with Gasteiger partial charge in [0.05, 0.1) is 15.2 Å². The number of thiazole rings is 1. The monoisotopic (exact) mass is 231 g/mol. The summed E-state index contributed by atoms with van der Waals surface area (Å²) >= 11 is 6.22. The molecule has 15 heavy (non-hydrogen) atoms. The molecule has 74 valence electrons.